The van der Waals surface area contributed by atoms with Gasteiger partial charge in [0.15, 0.2) is 0 Å². The number of hydrogen-bond donors (Lipinski definition) is 1. The van der Waals surface area contributed by atoms with Gasteiger partial charge in [-0.05, 0) is 17.7 Å². The third-order valence-corrected chi connectivity index (χ3v) is 2.18. The maximum absolute atomic E-state index is 10.8. The van der Waals surface area contributed by atoms with E-state index in [2.05, 4.69) is 0 Å². The first-order valence-electron chi connectivity index (χ1n) is 3.62. The Balaban J connectivity index is 3.49. The van der Waals surface area contributed by atoms with Crippen molar-refractivity contribution in [3.63, 3.8) is 0 Å². The Kier molecular flexibility index (Phi) is 3.34. The Hall–Kier alpha value is -1.24. The van der Waals surface area contributed by atoms with Gasteiger partial charge in [0, 0.05) is 10.9 Å². The second kappa shape index (κ2) is 4.32. The Bertz CT molecular complexity index is 424. The van der Waals surface area contributed by atoms with Crippen LogP contribution in [-0.4, -0.2) is 11.1 Å². The quantitative estimate of drug-likeness (QED) is 0.794. The largest absolute Gasteiger partial charge is 0.478 e. The van der Waals surface area contributed by atoms with Crippen LogP contribution in [0.15, 0.2) is 12.1 Å². The smallest absolute Gasteiger partial charge is 0.336 e. The first-order valence-corrected chi connectivity index (χ1v) is 4.53. The number of carboxylic acid groups (broad SMARTS) is 1. The van der Waals surface area contributed by atoms with Crippen molar-refractivity contribution in [2.45, 2.75) is 5.88 Å². The molecule has 0 amide bonds. The molecule has 0 aromatic heterocycles. The minimum Gasteiger partial charge on any atom is -0.478 e. The summed E-state index contributed by atoms with van der Waals surface area (Å²) in [6.07, 6.45) is 0. The summed E-state index contributed by atoms with van der Waals surface area (Å²) in [4.78, 5) is 10.8. The fraction of sp³-hybridized carbons (Fsp3) is 0.111. The van der Waals surface area contributed by atoms with Crippen LogP contribution < -0.4 is 0 Å². The highest BCUT2D eigenvalue weighted by atomic mass is 35.5. The molecular weight excluding hydrogens is 225 g/mol. The molecule has 0 saturated carbocycles. The summed E-state index contributed by atoms with van der Waals surface area (Å²) in [7, 11) is 0. The average molecular weight is 230 g/mol. The highest BCUT2D eigenvalue weighted by molar-refractivity contribution is 6.31. The van der Waals surface area contributed by atoms with Crippen molar-refractivity contribution in [2.24, 2.45) is 0 Å². The highest BCUT2D eigenvalue weighted by Crippen LogP contribution is 2.22. The summed E-state index contributed by atoms with van der Waals surface area (Å²) >= 11 is 11.2. The number of nitriles is 1. The highest BCUT2D eigenvalue weighted by Gasteiger charge is 2.14. The molecule has 0 spiro atoms. The lowest BCUT2D eigenvalue weighted by molar-refractivity contribution is 0.0696. The summed E-state index contributed by atoms with van der Waals surface area (Å²) in [5.74, 6) is -1.17. The molecule has 0 aliphatic rings. The van der Waals surface area contributed by atoms with Crippen LogP contribution >= 0.6 is 23.2 Å². The van der Waals surface area contributed by atoms with Crippen molar-refractivity contribution in [2.75, 3.05) is 0 Å². The third kappa shape index (κ3) is 1.98. The number of benzene rings is 1. The van der Waals surface area contributed by atoms with Crippen LogP contribution in [-0.2, 0) is 5.88 Å². The molecule has 1 aromatic rings. The Morgan fingerprint density at radius 1 is 1.57 bits per heavy atom. The van der Waals surface area contributed by atoms with Gasteiger partial charge in [-0.2, -0.15) is 5.26 Å². The van der Waals surface area contributed by atoms with Gasteiger partial charge in [-0.15, -0.1) is 11.6 Å². The molecule has 14 heavy (non-hydrogen) atoms. The first-order chi connectivity index (χ1) is 6.60. The van der Waals surface area contributed by atoms with Gasteiger partial charge in [0.2, 0.25) is 0 Å². The van der Waals surface area contributed by atoms with E-state index in [0.29, 0.717) is 5.56 Å². The molecule has 0 saturated heterocycles. The molecule has 1 rings (SSSR count). The summed E-state index contributed by atoms with van der Waals surface area (Å²) in [5.41, 5.74) is 0.472. The Morgan fingerprint density at radius 3 is 2.64 bits per heavy atom. The van der Waals surface area contributed by atoms with Crippen molar-refractivity contribution >= 4 is 29.2 Å². The number of carbonyl (C=O) groups is 1. The number of hydrogen-bond acceptors (Lipinski definition) is 2. The van der Waals surface area contributed by atoms with E-state index in [9.17, 15) is 4.79 Å². The minimum absolute atomic E-state index is 0.0240. The zero-order chi connectivity index (χ0) is 10.7. The van der Waals surface area contributed by atoms with Crippen molar-refractivity contribution in [3.8, 4) is 6.07 Å². The predicted octanol–water partition coefficient (Wildman–Crippen LogP) is 2.65. The van der Waals surface area contributed by atoms with Crippen molar-refractivity contribution in [1.29, 1.82) is 5.26 Å². The van der Waals surface area contributed by atoms with Crippen LogP contribution in [0.4, 0.5) is 0 Å². The zero-order valence-electron chi connectivity index (χ0n) is 6.92. The molecule has 0 aliphatic heterocycles. The van der Waals surface area contributed by atoms with Gasteiger partial charge in [0.05, 0.1) is 17.2 Å². The lowest BCUT2D eigenvalue weighted by Crippen LogP contribution is -2.03. The van der Waals surface area contributed by atoms with Gasteiger partial charge in [0.25, 0.3) is 0 Å². The number of carboxylic acids is 1. The maximum atomic E-state index is 10.8. The van der Waals surface area contributed by atoms with E-state index >= 15 is 0 Å². The average Bonchev–Trinajstić information content (AvgIpc) is 2.16. The van der Waals surface area contributed by atoms with Gasteiger partial charge < -0.3 is 5.11 Å². The van der Waals surface area contributed by atoms with E-state index in [-0.39, 0.29) is 22.0 Å². The van der Waals surface area contributed by atoms with Crippen molar-refractivity contribution in [3.05, 3.63) is 33.8 Å². The molecule has 0 atom stereocenters. The van der Waals surface area contributed by atoms with E-state index in [0.717, 1.165) is 0 Å². The van der Waals surface area contributed by atoms with E-state index in [1.54, 1.807) is 0 Å². The number of alkyl halides is 1. The zero-order valence-corrected chi connectivity index (χ0v) is 8.43. The Morgan fingerprint density at radius 2 is 2.21 bits per heavy atom. The second-order valence-corrected chi connectivity index (χ2v) is 3.23. The van der Waals surface area contributed by atoms with Crippen LogP contribution in [0.3, 0.4) is 0 Å². The number of halogens is 2. The summed E-state index contributed by atoms with van der Waals surface area (Å²) < 4.78 is 0. The SMILES string of the molecule is N#Cc1cc(Cl)cc(C(=O)O)c1CCl. The van der Waals surface area contributed by atoms with Gasteiger partial charge in [-0.25, -0.2) is 4.79 Å². The molecule has 1 N–H and O–H groups in total. The Labute approximate surface area is 90.5 Å². The molecule has 5 heteroatoms. The molecule has 72 valence electrons. The summed E-state index contributed by atoms with van der Waals surface area (Å²) in [6.45, 7) is 0. The number of nitrogens with zero attached hydrogens (tertiary/aromatic N) is 1. The molecule has 0 bridgehead atoms. The molecule has 0 radical (unpaired) electrons. The molecule has 0 heterocycles. The first kappa shape index (κ1) is 10.8. The van der Waals surface area contributed by atoms with Gasteiger partial charge in [0.1, 0.15) is 0 Å². The lowest BCUT2D eigenvalue weighted by Gasteiger charge is -2.05. The van der Waals surface area contributed by atoms with Gasteiger partial charge in [-0.1, -0.05) is 11.6 Å². The van der Waals surface area contributed by atoms with Crippen LogP contribution in [0.5, 0.6) is 0 Å². The third-order valence-electron chi connectivity index (χ3n) is 1.70. The number of aromatic carboxylic acids is 1. The van der Waals surface area contributed by atoms with Crippen molar-refractivity contribution < 1.29 is 9.90 Å². The van der Waals surface area contributed by atoms with Crippen molar-refractivity contribution in [1.82, 2.24) is 0 Å². The van der Waals surface area contributed by atoms with E-state index in [4.69, 9.17) is 33.6 Å². The summed E-state index contributed by atoms with van der Waals surface area (Å²) in [5, 5.41) is 17.8. The number of rotatable bonds is 2. The molecule has 1 aromatic carbocycles. The van der Waals surface area contributed by atoms with E-state index in [1.807, 2.05) is 6.07 Å². The fourth-order valence-electron chi connectivity index (χ4n) is 1.07. The summed E-state index contributed by atoms with van der Waals surface area (Å²) in [6, 6.07) is 4.53. The lowest BCUT2D eigenvalue weighted by atomic mass is 10.0. The monoisotopic (exact) mass is 229 g/mol. The molecule has 3 nitrogen and oxygen atoms in total. The van der Waals surface area contributed by atoms with E-state index in [1.165, 1.54) is 12.1 Å². The molecule has 0 aliphatic carbocycles. The van der Waals surface area contributed by atoms with Gasteiger partial charge >= 0.3 is 5.97 Å². The fourth-order valence-corrected chi connectivity index (χ4v) is 1.58. The van der Waals surface area contributed by atoms with Crippen LogP contribution in [0.2, 0.25) is 5.02 Å². The molecular formula is C9H5Cl2NO2. The normalized spacial score (nSPS) is 9.50. The van der Waals surface area contributed by atoms with Crippen LogP contribution in [0.1, 0.15) is 21.5 Å². The van der Waals surface area contributed by atoms with E-state index < -0.39 is 5.97 Å². The van der Waals surface area contributed by atoms with Crippen LogP contribution in [0, 0.1) is 11.3 Å². The molecule has 0 fully saturated rings. The molecule has 0 unspecified atom stereocenters. The van der Waals surface area contributed by atoms with Crippen LogP contribution in [0.25, 0.3) is 0 Å². The maximum Gasteiger partial charge on any atom is 0.336 e. The topological polar surface area (TPSA) is 61.1 Å². The predicted molar refractivity (Wildman–Crippen MR) is 52.7 cm³/mol. The van der Waals surface area contributed by atoms with Gasteiger partial charge in [-0.3, -0.25) is 0 Å². The standard InChI is InChI=1S/C9H5Cl2NO2/c10-3-8-5(4-12)1-6(11)2-7(8)9(13)14/h1-2H,3H2,(H,13,14). The minimum atomic E-state index is -1.14. The second-order valence-electron chi connectivity index (χ2n) is 2.53.